The van der Waals surface area contributed by atoms with Gasteiger partial charge in [0, 0.05) is 13.1 Å². The van der Waals surface area contributed by atoms with Gasteiger partial charge in [0.2, 0.25) is 0 Å². The van der Waals surface area contributed by atoms with E-state index in [1.807, 2.05) is 51.1 Å². The molecule has 1 aliphatic rings. The number of carbonyl (C=O) groups excluding carboxylic acids is 2. The Bertz CT molecular complexity index is 1080. The second-order valence-electron chi connectivity index (χ2n) is 9.22. The maximum absolute atomic E-state index is 13.0. The van der Waals surface area contributed by atoms with Crippen molar-refractivity contribution in [3.8, 4) is 0 Å². The molecule has 1 N–H and O–H groups in total. The fourth-order valence-electron chi connectivity index (χ4n) is 3.66. The molecule has 1 aromatic heterocycles. The van der Waals surface area contributed by atoms with Crippen molar-refractivity contribution < 1.29 is 19.1 Å². The number of rotatable bonds is 7. The van der Waals surface area contributed by atoms with Crippen molar-refractivity contribution in [1.82, 2.24) is 14.5 Å². The van der Waals surface area contributed by atoms with Gasteiger partial charge >= 0.3 is 12.1 Å². The number of benzene rings is 1. The number of aromatic nitrogens is 2. The first-order valence-electron chi connectivity index (χ1n) is 11.2. The third-order valence-corrected chi connectivity index (χ3v) is 5.76. The van der Waals surface area contributed by atoms with Crippen LogP contribution in [0.2, 0.25) is 5.15 Å². The van der Waals surface area contributed by atoms with Crippen molar-refractivity contribution in [1.29, 1.82) is 0 Å². The number of hydrogen-bond donors (Lipinski definition) is 1. The summed E-state index contributed by atoms with van der Waals surface area (Å²) in [4.78, 5) is 43.7. The zero-order valence-electron chi connectivity index (χ0n) is 20.0. The molecule has 1 fully saturated rings. The molecule has 1 atom stereocenters. The maximum Gasteiger partial charge on any atom is 0.410 e. The molecule has 0 bridgehead atoms. The van der Waals surface area contributed by atoms with Gasteiger partial charge in [-0.05, 0) is 46.1 Å². The van der Waals surface area contributed by atoms with Crippen molar-refractivity contribution in [2.45, 2.75) is 65.3 Å². The molecule has 1 saturated heterocycles. The van der Waals surface area contributed by atoms with Crippen molar-refractivity contribution in [3.63, 3.8) is 0 Å². The van der Waals surface area contributed by atoms with Gasteiger partial charge in [-0.15, -0.1) is 0 Å². The lowest BCUT2D eigenvalue weighted by atomic mass is 10.2. The Morgan fingerprint density at radius 3 is 2.62 bits per heavy atom. The van der Waals surface area contributed by atoms with Crippen molar-refractivity contribution in [2.24, 2.45) is 0 Å². The standard InChI is InChI=1S/C24H31ClN4O5/c1-16-20(25)27-21(26-13-18-11-8-12-28(18)23(32)34-24(2,3)4)22(31)29(16)14-19(30)33-15-17-9-6-5-7-10-17/h5-7,9-10,18H,8,11-15H2,1-4H3,(H,26,27)/t18-/m0/s1. The molecule has 0 spiro atoms. The fourth-order valence-corrected chi connectivity index (χ4v) is 3.85. The summed E-state index contributed by atoms with van der Waals surface area (Å²) in [6.07, 6.45) is 1.22. The predicted molar refractivity (Wildman–Crippen MR) is 129 cm³/mol. The Balaban J connectivity index is 1.67. The van der Waals surface area contributed by atoms with Crippen LogP contribution >= 0.6 is 11.6 Å². The highest BCUT2D eigenvalue weighted by Crippen LogP contribution is 2.21. The lowest BCUT2D eigenvalue weighted by Gasteiger charge is -2.28. The minimum Gasteiger partial charge on any atom is -0.459 e. The number of nitrogens with zero attached hydrogens (tertiary/aromatic N) is 3. The average molecular weight is 491 g/mol. The number of ether oxygens (including phenoxy) is 2. The Hall–Kier alpha value is -3.07. The van der Waals surface area contributed by atoms with Crippen molar-refractivity contribution in [2.75, 3.05) is 18.4 Å². The highest BCUT2D eigenvalue weighted by molar-refractivity contribution is 6.30. The van der Waals surface area contributed by atoms with Gasteiger partial charge in [-0.2, -0.15) is 0 Å². The number of amides is 1. The van der Waals surface area contributed by atoms with Crippen molar-refractivity contribution in [3.05, 3.63) is 57.1 Å². The van der Waals surface area contributed by atoms with Gasteiger partial charge in [0.05, 0.1) is 11.7 Å². The first kappa shape index (κ1) is 25.6. The summed E-state index contributed by atoms with van der Waals surface area (Å²) in [5.74, 6) is -0.545. The Morgan fingerprint density at radius 1 is 1.24 bits per heavy atom. The summed E-state index contributed by atoms with van der Waals surface area (Å²) in [6.45, 7) is 7.78. The molecule has 184 valence electrons. The Morgan fingerprint density at radius 2 is 1.94 bits per heavy atom. The van der Waals surface area contributed by atoms with Crippen LogP contribution in [0.1, 0.15) is 44.9 Å². The highest BCUT2D eigenvalue weighted by atomic mass is 35.5. The third-order valence-electron chi connectivity index (χ3n) is 5.40. The Kier molecular flexibility index (Phi) is 8.19. The van der Waals surface area contributed by atoms with Gasteiger partial charge in [0.1, 0.15) is 18.8 Å². The van der Waals surface area contributed by atoms with Gasteiger partial charge in [-0.25, -0.2) is 9.78 Å². The van der Waals surface area contributed by atoms with Crippen LogP contribution in [0.4, 0.5) is 10.6 Å². The van der Waals surface area contributed by atoms with E-state index in [4.69, 9.17) is 21.1 Å². The second-order valence-corrected chi connectivity index (χ2v) is 9.58. The fraction of sp³-hybridized carbons (Fsp3) is 0.500. The molecule has 10 heteroatoms. The first-order chi connectivity index (χ1) is 16.0. The molecule has 1 aliphatic heterocycles. The molecule has 0 unspecified atom stereocenters. The molecule has 0 radical (unpaired) electrons. The van der Waals surface area contributed by atoms with Crippen LogP contribution in [0, 0.1) is 6.92 Å². The lowest BCUT2D eigenvalue weighted by molar-refractivity contribution is -0.145. The van der Waals surface area contributed by atoms with E-state index in [9.17, 15) is 14.4 Å². The molecule has 2 heterocycles. The molecule has 1 aromatic carbocycles. The number of hydrogen-bond acceptors (Lipinski definition) is 7. The molecule has 9 nitrogen and oxygen atoms in total. The van der Waals surface area contributed by atoms with E-state index in [-0.39, 0.29) is 36.3 Å². The van der Waals surface area contributed by atoms with E-state index in [2.05, 4.69) is 10.3 Å². The van der Waals surface area contributed by atoms with Gasteiger partial charge in [-0.3, -0.25) is 14.2 Å². The minimum absolute atomic E-state index is 0.0162. The van der Waals surface area contributed by atoms with Crippen LogP contribution in [0.25, 0.3) is 0 Å². The van der Waals surface area contributed by atoms with Crippen LogP contribution in [-0.2, 0) is 27.4 Å². The number of anilines is 1. The number of nitrogens with one attached hydrogen (secondary N) is 1. The van der Waals surface area contributed by atoms with Crippen molar-refractivity contribution >= 4 is 29.5 Å². The summed E-state index contributed by atoms with van der Waals surface area (Å²) >= 11 is 6.25. The maximum atomic E-state index is 13.0. The van der Waals surface area contributed by atoms with Crippen LogP contribution < -0.4 is 10.9 Å². The average Bonchev–Trinajstić information content (AvgIpc) is 3.25. The molecule has 3 rings (SSSR count). The molecule has 34 heavy (non-hydrogen) atoms. The number of halogens is 1. The van der Waals surface area contributed by atoms with Crippen LogP contribution in [-0.4, -0.2) is 51.2 Å². The summed E-state index contributed by atoms with van der Waals surface area (Å²) in [6, 6.07) is 9.12. The lowest BCUT2D eigenvalue weighted by Crippen LogP contribution is -2.43. The molecule has 1 amide bonds. The number of carbonyl (C=O) groups is 2. The van der Waals surface area contributed by atoms with E-state index in [1.54, 1.807) is 11.8 Å². The summed E-state index contributed by atoms with van der Waals surface area (Å²) in [5.41, 5.74) is 0.138. The first-order valence-corrected chi connectivity index (χ1v) is 11.6. The summed E-state index contributed by atoms with van der Waals surface area (Å²) in [7, 11) is 0. The largest absolute Gasteiger partial charge is 0.459 e. The monoisotopic (exact) mass is 490 g/mol. The van der Waals surface area contributed by atoms with Crippen LogP contribution in [0.15, 0.2) is 35.1 Å². The van der Waals surface area contributed by atoms with E-state index in [0.717, 1.165) is 18.4 Å². The van der Waals surface area contributed by atoms with Gasteiger partial charge in [0.25, 0.3) is 5.56 Å². The molecular weight excluding hydrogens is 460 g/mol. The minimum atomic E-state index is -0.591. The summed E-state index contributed by atoms with van der Waals surface area (Å²) in [5, 5.41) is 3.12. The highest BCUT2D eigenvalue weighted by Gasteiger charge is 2.32. The normalized spacial score (nSPS) is 15.8. The third kappa shape index (κ3) is 6.72. The van der Waals surface area contributed by atoms with E-state index < -0.39 is 17.1 Å². The number of esters is 1. The van der Waals surface area contributed by atoms with Gasteiger partial charge in [-0.1, -0.05) is 41.9 Å². The van der Waals surface area contributed by atoms with Gasteiger partial charge < -0.3 is 19.7 Å². The SMILES string of the molecule is Cc1c(Cl)nc(NC[C@@H]2CCCN2C(=O)OC(C)(C)C)c(=O)n1CC(=O)OCc1ccccc1. The van der Waals surface area contributed by atoms with Crippen LogP contribution in [0.3, 0.4) is 0 Å². The molecule has 0 saturated carbocycles. The molecular formula is C24H31ClN4O5. The number of likely N-dealkylation sites (tertiary alicyclic amines) is 1. The zero-order chi connectivity index (χ0) is 24.9. The van der Waals surface area contributed by atoms with E-state index >= 15 is 0 Å². The van der Waals surface area contributed by atoms with Gasteiger partial charge in [0.15, 0.2) is 11.0 Å². The predicted octanol–water partition coefficient (Wildman–Crippen LogP) is 3.76. The zero-order valence-corrected chi connectivity index (χ0v) is 20.7. The van der Waals surface area contributed by atoms with Crippen LogP contribution in [0.5, 0.6) is 0 Å². The quantitative estimate of drug-likeness (QED) is 0.589. The van der Waals surface area contributed by atoms with E-state index in [1.165, 1.54) is 4.57 Å². The topological polar surface area (TPSA) is 103 Å². The molecule has 0 aliphatic carbocycles. The summed E-state index contributed by atoms with van der Waals surface area (Å²) < 4.78 is 12.0. The molecule has 2 aromatic rings. The van der Waals surface area contributed by atoms with E-state index in [0.29, 0.717) is 18.8 Å². The smallest absolute Gasteiger partial charge is 0.410 e. The Labute approximate surface area is 204 Å². The second kappa shape index (κ2) is 10.9.